The van der Waals surface area contributed by atoms with Crippen molar-refractivity contribution in [1.29, 1.82) is 0 Å². The summed E-state index contributed by atoms with van der Waals surface area (Å²) < 4.78 is 0. The minimum atomic E-state index is -1.25. The van der Waals surface area contributed by atoms with Crippen molar-refractivity contribution in [2.75, 3.05) is 0 Å². The third kappa shape index (κ3) is 2.91. The van der Waals surface area contributed by atoms with Gasteiger partial charge < -0.3 is 10.1 Å². The number of carbonyl (C=O) groups is 1. The highest BCUT2D eigenvalue weighted by Crippen LogP contribution is 2.42. The zero-order valence-electron chi connectivity index (χ0n) is 15.5. The number of nitrogens with zero attached hydrogens (tertiary/aromatic N) is 2. The van der Waals surface area contributed by atoms with Crippen molar-refractivity contribution < 1.29 is 9.90 Å². The Morgan fingerprint density at radius 1 is 1.10 bits per heavy atom. The Morgan fingerprint density at radius 2 is 1.90 bits per heavy atom. The Balaban J connectivity index is 1.74. The molecule has 1 saturated carbocycles. The molecule has 3 N–H and O–H groups in total. The van der Waals surface area contributed by atoms with Crippen LogP contribution in [0.1, 0.15) is 41.1 Å². The van der Waals surface area contributed by atoms with E-state index in [0.717, 1.165) is 29.5 Å². The Hall–Kier alpha value is -3.74. The second kappa shape index (κ2) is 6.70. The van der Waals surface area contributed by atoms with E-state index in [4.69, 9.17) is 0 Å². The number of fused-ring (bicyclic) bond motifs is 1. The van der Waals surface area contributed by atoms with E-state index in [1.165, 1.54) is 12.5 Å². The maximum Gasteiger partial charge on any atom is 0.341 e. The van der Waals surface area contributed by atoms with Gasteiger partial charge >= 0.3 is 5.97 Å². The number of aromatic nitrogens is 4. The summed E-state index contributed by atoms with van der Waals surface area (Å²) in [6.07, 6.45) is 3.33. The van der Waals surface area contributed by atoms with Gasteiger partial charge in [0, 0.05) is 11.1 Å². The highest BCUT2D eigenvalue weighted by molar-refractivity contribution is 5.98. The molecule has 2 aromatic heterocycles. The summed E-state index contributed by atoms with van der Waals surface area (Å²) in [4.78, 5) is 31.2. The van der Waals surface area contributed by atoms with Crippen molar-refractivity contribution in [3.8, 4) is 22.8 Å². The van der Waals surface area contributed by atoms with E-state index < -0.39 is 11.5 Å². The Kier molecular flexibility index (Phi) is 4.01. The van der Waals surface area contributed by atoms with Crippen LogP contribution < -0.4 is 5.56 Å². The number of aromatic carboxylic acids is 1. The quantitative estimate of drug-likeness (QED) is 0.492. The van der Waals surface area contributed by atoms with Crippen LogP contribution in [-0.4, -0.2) is 31.2 Å². The van der Waals surface area contributed by atoms with E-state index in [1.807, 2.05) is 42.5 Å². The molecule has 0 bridgehead atoms. The molecule has 29 heavy (non-hydrogen) atoms. The highest BCUT2D eigenvalue weighted by atomic mass is 16.4. The molecule has 1 aliphatic rings. The smallest absolute Gasteiger partial charge is 0.341 e. The fourth-order valence-corrected chi connectivity index (χ4v) is 3.86. The minimum absolute atomic E-state index is 0.276. The minimum Gasteiger partial charge on any atom is -0.477 e. The molecule has 0 spiro atoms. The molecular weight excluding hydrogens is 368 g/mol. The average Bonchev–Trinajstić information content (AvgIpc) is 3.16. The Bertz CT molecular complexity index is 1290. The van der Waals surface area contributed by atoms with Crippen LogP contribution in [0.15, 0.2) is 53.3 Å². The maximum absolute atomic E-state index is 12.4. The molecule has 0 aliphatic heterocycles. The number of H-pyrrole nitrogens is 2. The SMILES string of the molecule is O=C(O)c1cc2ccc(C3CCC3)c(-c3nc(-c4ccccc4)n[nH]3)c2[nH]c1=O. The van der Waals surface area contributed by atoms with Crippen LogP contribution in [0.2, 0.25) is 0 Å². The molecule has 0 radical (unpaired) electrons. The Morgan fingerprint density at radius 3 is 2.59 bits per heavy atom. The highest BCUT2D eigenvalue weighted by Gasteiger charge is 2.26. The third-order valence-electron chi connectivity index (χ3n) is 5.58. The first-order valence-corrected chi connectivity index (χ1v) is 9.53. The van der Waals surface area contributed by atoms with Crippen molar-refractivity contribution >= 4 is 16.9 Å². The van der Waals surface area contributed by atoms with Gasteiger partial charge in [-0.25, -0.2) is 9.78 Å². The van der Waals surface area contributed by atoms with Crippen molar-refractivity contribution in [3.05, 3.63) is 70.0 Å². The van der Waals surface area contributed by atoms with E-state index >= 15 is 0 Å². The zero-order chi connectivity index (χ0) is 20.0. The standard InChI is InChI=1S/C22H18N4O3/c27-21-16(22(28)29)11-14-9-10-15(12-7-4-8-12)17(18(14)23-21)20-24-19(25-26-20)13-5-2-1-3-6-13/h1-3,5-6,9-12H,4,7-8H2,(H,23,27)(H,28,29)(H,24,25,26). The average molecular weight is 386 g/mol. The predicted molar refractivity (Wildman–Crippen MR) is 109 cm³/mol. The summed E-state index contributed by atoms with van der Waals surface area (Å²) in [6.45, 7) is 0. The van der Waals surface area contributed by atoms with Gasteiger partial charge in [-0.15, -0.1) is 0 Å². The van der Waals surface area contributed by atoms with Crippen LogP contribution in [0.4, 0.5) is 0 Å². The van der Waals surface area contributed by atoms with Gasteiger partial charge in [-0.3, -0.25) is 9.89 Å². The number of benzene rings is 2. The lowest BCUT2D eigenvalue weighted by atomic mass is 9.77. The molecule has 0 saturated heterocycles. The van der Waals surface area contributed by atoms with Gasteiger partial charge in [0.25, 0.3) is 5.56 Å². The number of carboxylic acids is 1. The zero-order valence-corrected chi connectivity index (χ0v) is 15.5. The second-order valence-corrected chi connectivity index (χ2v) is 7.31. The predicted octanol–water partition coefficient (Wildman–Crippen LogP) is 3.95. The van der Waals surface area contributed by atoms with Gasteiger partial charge in [0.1, 0.15) is 5.56 Å². The van der Waals surface area contributed by atoms with Gasteiger partial charge in [0.15, 0.2) is 11.6 Å². The van der Waals surface area contributed by atoms with Crippen LogP contribution in [-0.2, 0) is 0 Å². The van der Waals surface area contributed by atoms with E-state index in [9.17, 15) is 14.7 Å². The van der Waals surface area contributed by atoms with Crippen LogP contribution in [0.5, 0.6) is 0 Å². The second-order valence-electron chi connectivity index (χ2n) is 7.31. The number of pyridine rings is 1. The number of hydrogen-bond donors (Lipinski definition) is 3. The van der Waals surface area contributed by atoms with Gasteiger partial charge in [0.05, 0.1) is 5.52 Å². The molecule has 2 heterocycles. The molecule has 1 aliphatic carbocycles. The fraction of sp³-hybridized carbons (Fsp3) is 0.182. The van der Waals surface area contributed by atoms with Crippen molar-refractivity contribution in [2.45, 2.75) is 25.2 Å². The summed E-state index contributed by atoms with van der Waals surface area (Å²) in [5.41, 5.74) is 2.46. The molecule has 2 aromatic carbocycles. The van der Waals surface area contributed by atoms with Crippen LogP contribution >= 0.6 is 0 Å². The van der Waals surface area contributed by atoms with Gasteiger partial charge in [-0.05, 0) is 35.8 Å². The lowest BCUT2D eigenvalue weighted by molar-refractivity contribution is 0.0695. The number of rotatable bonds is 4. The summed E-state index contributed by atoms with van der Waals surface area (Å²) in [7, 11) is 0. The molecule has 7 heteroatoms. The van der Waals surface area contributed by atoms with Gasteiger partial charge in [-0.1, -0.05) is 48.9 Å². The summed E-state index contributed by atoms with van der Waals surface area (Å²) in [6, 6.07) is 14.9. The summed E-state index contributed by atoms with van der Waals surface area (Å²) >= 11 is 0. The van der Waals surface area contributed by atoms with Crippen LogP contribution in [0, 0.1) is 0 Å². The molecule has 4 aromatic rings. The Labute approximate surface area is 165 Å². The monoisotopic (exact) mass is 386 g/mol. The first-order chi connectivity index (χ1) is 14.1. The molecule has 0 amide bonds. The molecule has 5 rings (SSSR count). The topological polar surface area (TPSA) is 112 Å². The summed E-state index contributed by atoms with van der Waals surface area (Å²) in [5, 5.41) is 17.3. The summed E-state index contributed by atoms with van der Waals surface area (Å²) in [5.74, 6) is 0.280. The fourth-order valence-electron chi connectivity index (χ4n) is 3.86. The molecular formula is C22H18N4O3. The van der Waals surface area contributed by atoms with E-state index in [2.05, 4.69) is 20.2 Å². The molecule has 0 atom stereocenters. The van der Waals surface area contributed by atoms with E-state index in [0.29, 0.717) is 28.5 Å². The lowest BCUT2D eigenvalue weighted by Crippen LogP contribution is -2.18. The number of carboxylic acid groups (broad SMARTS) is 1. The number of nitrogens with one attached hydrogen (secondary N) is 2. The normalized spacial score (nSPS) is 14.1. The molecule has 0 unspecified atom stereocenters. The molecule has 7 nitrogen and oxygen atoms in total. The number of aromatic amines is 2. The third-order valence-corrected chi connectivity index (χ3v) is 5.58. The van der Waals surface area contributed by atoms with Crippen LogP contribution in [0.25, 0.3) is 33.7 Å². The van der Waals surface area contributed by atoms with E-state index in [1.54, 1.807) is 0 Å². The van der Waals surface area contributed by atoms with Crippen molar-refractivity contribution in [3.63, 3.8) is 0 Å². The lowest BCUT2D eigenvalue weighted by Gasteiger charge is -2.28. The first-order valence-electron chi connectivity index (χ1n) is 9.53. The van der Waals surface area contributed by atoms with Gasteiger partial charge in [0.2, 0.25) is 0 Å². The largest absolute Gasteiger partial charge is 0.477 e. The van der Waals surface area contributed by atoms with Crippen LogP contribution in [0.3, 0.4) is 0 Å². The van der Waals surface area contributed by atoms with Gasteiger partial charge in [-0.2, -0.15) is 5.10 Å². The first kappa shape index (κ1) is 17.4. The molecule has 144 valence electrons. The maximum atomic E-state index is 12.4. The van der Waals surface area contributed by atoms with Crippen molar-refractivity contribution in [1.82, 2.24) is 20.2 Å². The van der Waals surface area contributed by atoms with Crippen molar-refractivity contribution in [2.24, 2.45) is 0 Å². The molecule has 1 fully saturated rings. The number of hydrogen-bond acceptors (Lipinski definition) is 4. The van der Waals surface area contributed by atoms with E-state index in [-0.39, 0.29) is 5.56 Å².